The van der Waals surface area contributed by atoms with E-state index in [2.05, 4.69) is 42.8 Å². The van der Waals surface area contributed by atoms with Crippen LogP contribution in [0.3, 0.4) is 0 Å². The lowest BCUT2D eigenvalue weighted by atomic mass is 10.3. The summed E-state index contributed by atoms with van der Waals surface area (Å²) in [4.78, 5) is 8.29. The molecular formula is C10H17BrN4S. The van der Waals surface area contributed by atoms with E-state index in [1.54, 1.807) is 6.33 Å². The first-order chi connectivity index (χ1) is 7.79. The highest BCUT2D eigenvalue weighted by atomic mass is 79.9. The standard InChI is InChI=1S/C10H17BrN4S/c1-12-9-8(11)10(15-7-14-9)13-5-3-4-6-16-2/h7H,3-6H2,1-2H3,(H2,12,13,14,15). The van der Waals surface area contributed by atoms with E-state index in [0.29, 0.717) is 0 Å². The van der Waals surface area contributed by atoms with E-state index in [1.807, 2.05) is 18.8 Å². The summed E-state index contributed by atoms with van der Waals surface area (Å²) >= 11 is 5.35. The van der Waals surface area contributed by atoms with Gasteiger partial charge < -0.3 is 10.6 Å². The molecule has 2 N–H and O–H groups in total. The number of unbranched alkanes of at least 4 members (excludes halogenated alkanes) is 1. The van der Waals surface area contributed by atoms with Gasteiger partial charge in [0.1, 0.15) is 22.4 Å². The van der Waals surface area contributed by atoms with Gasteiger partial charge in [-0.05, 0) is 40.8 Å². The summed E-state index contributed by atoms with van der Waals surface area (Å²) in [5.41, 5.74) is 0. The Morgan fingerprint density at radius 3 is 2.75 bits per heavy atom. The SMILES string of the molecule is CNc1ncnc(NCCCCSC)c1Br. The van der Waals surface area contributed by atoms with Crippen molar-refractivity contribution in [2.24, 2.45) is 0 Å². The predicted octanol–water partition coefficient (Wildman–Crippen LogP) is 2.84. The summed E-state index contributed by atoms with van der Waals surface area (Å²) in [6, 6.07) is 0. The third-order valence-electron chi connectivity index (χ3n) is 2.09. The average Bonchev–Trinajstić information content (AvgIpc) is 2.31. The van der Waals surface area contributed by atoms with Gasteiger partial charge in [-0.2, -0.15) is 11.8 Å². The minimum Gasteiger partial charge on any atom is -0.372 e. The minimum absolute atomic E-state index is 0.807. The van der Waals surface area contributed by atoms with Crippen LogP contribution in [-0.4, -0.2) is 35.6 Å². The lowest BCUT2D eigenvalue weighted by Gasteiger charge is -2.09. The Morgan fingerprint density at radius 1 is 1.31 bits per heavy atom. The highest BCUT2D eigenvalue weighted by molar-refractivity contribution is 9.10. The molecule has 16 heavy (non-hydrogen) atoms. The van der Waals surface area contributed by atoms with Gasteiger partial charge >= 0.3 is 0 Å². The molecule has 1 heterocycles. The molecule has 4 nitrogen and oxygen atoms in total. The van der Waals surface area contributed by atoms with Crippen LogP contribution in [0.5, 0.6) is 0 Å². The molecule has 6 heteroatoms. The molecule has 0 atom stereocenters. The number of nitrogens with one attached hydrogen (secondary N) is 2. The summed E-state index contributed by atoms with van der Waals surface area (Å²) in [5.74, 6) is 2.87. The van der Waals surface area contributed by atoms with Crippen LogP contribution >= 0.6 is 27.7 Å². The molecule has 1 rings (SSSR count). The Hall–Kier alpha value is -0.490. The maximum absolute atomic E-state index is 4.19. The summed E-state index contributed by atoms with van der Waals surface area (Å²) in [7, 11) is 1.84. The van der Waals surface area contributed by atoms with Crippen molar-refractivity contribution in [3.8, 4) is 0 Å². The van der Waals surface area contributed by atoms with Gasteiger partial charge in [-0.15, -0.1) is 0 Å². The fourth-order valence-electron chi connectivity index (χ4n) is 1.25. The van der Waals surface area contributed by atoms with E-state index in [-0.39, 0.29) is 0 Å². The third-order valence-corrected chi connectivity index (χ3v) is 3.54. The van der Waals surface area contributed by atoms with Gasteiger partial charge in [-0.3, -0.25) is 0 Å². The molecule has 1 aromatic heterocycles. The van der Waals surface area contributed by atoms with E-state index in [9.17, 15) is 0 Å². The molecule has 1 aromatic rings. The normalized spacial score (nSPS) is 10.2. The third kappa shape index (κ3) is 4.17. The van der Waals surface area contributed by atoms with Crippen LogP contribution in [0.15, 0.2) is 10.8 Å². The fourth-order valence-corrected chi connectivity index (χ4v) is 2.28. The van der Waals surface area contributed by atoms with Crippen LogP contribution in [-0.2, 0) is 0 Å². The second kappa shape index (κ2) is 7.73. The van der Waals surface area contributed by atoms with Crippen LogP contribution in [0.1, 0.15) is 12.8 Å². The fraction of sp³-hybridized carbons (Fsp3) is 0.600. The zero-order chi connectivity index (χ0) is 11.8. The molecular weight excluding hydrogens is 288 g/mol. The first-order valence-corrected chi connectivity index (χ1v) is 7.39. The van der Waals surface area contributed by atoms with Crippen molar-refractivity contribution in [1.29, 1.82) is 0 Å². The first-order valence-electron chi connectivity index (χ1n) is 5.20. The van der Waals surface area contributed by atoms with Crippen molar-refractivity contribution >= 4 is 39.3 Å². The largest absolute Gasteiger partial charge is 0.372 e. The zero-order valence-corrected chi connectivity index (χ0v) is 12.0. The number of aromatic nitrogens is 2. The van der Waals surface area contributed by atoms with Crippen molar-refractivity contribution in [3.05, 3.63) is 10.8 Å². The Balaban J connectivity index is 2.41. The molecule has 0 fully saturated rings. The van der Waals surface area contributed by atoms with Crippen molar-refractivity contribution in [1.82, 2.24) is 9.97 Å². The number of rotatable bonds is 7. The smallest absolute Gasteiger partial charge is 0.145 e. The number of anilines is 2. The minimum atomic E-state index is 0.807. The lowest BCUT2D eigenvalue weighted by Crippen LogP contribution is -2.06. The molecule has 0 amide bonds. The van der Waals surface area contributed by atoms with Gasteiger partial charge in [-0.25, -0.2) is 9.97 Å². The van der Waals surface area contributed by atoms with E-state index in [4.69, 9.17) is 0 Å². The second-order valence-electron chi connectivity index (χ2n) is 3.26. The van der Waals surface area contributed by atoms with E-state index in [1.165, 1.54) is 12.2 Å². The highest BCUT2D eigenvalue weighted by Gasteiger charge is 2.05. The van der Waals surface area contributed by atoms with Crippen molar-refractivity contribution in [3.63, 3.8) is 0 Å². The molecule has 90 valence electrons. The van der Waals surface area contributed by atoms with Gasteiger partial charge in [-0.1, -0.05) is 0 Å². The summed E-state index contributed by atoms with van der Waals surface area (Å²) in [5, 5.41) is 6.30. The summed E-state index contributed by atoms with van der Waals surface area (Å²) < 4.78 is 0.891. The molecule has 0 aliphatic heterocycles. The number of halogens is 1. The zero-order valence-electron chi connectivity index (χ0n) is 9.59. The first kappa shape index (κ1) is 13.6. The topological polar surface area (TPSA) is 49.8 Å². The number of nitrogens with zero attached hydrogens (tertiary/aromatic N) is 2. The van der Waals surface area contributed by atoms with Crippen LogP contribution < -0.4 is 10.6 Å². The highest BCUT2D eigenvalue weighted by Crippen LogP contribution is 2.25. The second-order valence-corrected chi connectivity index (χ2v) is 5.04. The van der Waals surface area contributed by atoms with Gasteiger partial charge in [0.05, 0.1) is 0 Å². The van der Waals surface area contributed by atoms with Crippen molar-refractivity contribution in [2.75, 3.05) is 36.2 Å². The molecule has 0 saturated heterocycles. The maximum Gasteiger partial charge on any atom is 0.145 e. The molecule has 0 spiro atoms. The van der Waals surface area contributed by atoms with Gasteiger partial charge in [0.25, 0.3) is 0 Å². The van der Waals surface area contributed by atoms with Crippen LogP contribution in [0, 0.1) is 0 Å². The quantitative estimate of drug-likeness (QED) is 0.759. The molecule has 0 aromatic carbocycles. The molecule has 0 unspecified atom stereocenters. The van der Waals surface area contributed by atoms with E-state index < -0.39 is 0 Å². The molecule has 0 bridgehead atoms. The molecule has 0 aliphatic carbocycles. The van der Waals surface area contributed by atoms with Crippen molar-refractivity contribution in [2.45, 2.75) is 12.8 Å². The van der Waals surface area contributed by atoms with Crippen molar-refractivity contribution < 1.29 is 0 Å². The Kier molecular flexibility index (Phi) is 6.56. The maximum atomic E-state index is 4.19. The predicted molar refractivity (Wildman–Crippen MR) is 75.4 cm³/mol. The van der Waals surface area contributed by atoms with Gasteiger partial charge in [0, 0.05) is 13.6 Å². The number of hydrogen-bond acceptors (Lipinski definition) is 5. The Bertz CT molecular complexity index is 322. The summed E-state index contributed by atoms with van der Waals surface area (Å²) in [6.45, 7) is 0.944. The average molecular weight is 305 g/mol. The Morgan fingerprint density at radius 2 is 2.06 bits per heavy atom. The number of thioether (sulfide) groups is 1. The Labute approximate surface area is 109 Å². The van der Waals surface area contributed by atoms with Crippen LogP contribution in [0.25, 0.3) is 0 Å². The van der Waals surface area contributed by atoms with Gasteiger partial charge in [0.15, 0.2) is 0 Å². The van der Waals surface area contributed by atoms with Crippen LogP contribution in [0.2, 0.25) is 0 Å². The lowest BCUT2D eigenvalue weighted by molar-refractivity contribution is 0.838. The molecule has 0 saturated carbocycles. The number of hydrogen-bond donors (Lipinski definition) is 2. The van der Waals surface area contributed by atoms with Gasteiger partial charge in [0.2, 0.25) is 0 Å². The summed E-state index contributed by atoms with van der Waals surface area (Å²) in [6.07, 6.45) is 6.08. The van der Waals surface area contributed by atoms with Crippen LogP contribution in [0.4, 0.5) is 11.6 Å². The monoisotopic (exact) mass is 304 g/mol. The molecule has 0 radical (unpaired) electrons. The van der Waals surface area contributed by atoms with E-state index in [0.717, 1.165) is 29.1 Å². The van der Waals surface area contributed by atoms with E-state index >= 15 is 0 Å². The molecule has 0 aliphatic rings.